The average molecular weight is 387 g/mol. The minimum atomic E-state index is -0.140. The van der Waals surface area contributed by atoms with Gasteiger partial charge in [0.1, 0.15) is 0 Å². The number of benzene rings is 1. The van der Waals surface area contributed by atoms with Gasteiger partial charge in [-0.25, -0.2) is 4.79 Å². The number of aromatic nitrogens is 1. The third kappa shape index (κ3) is 4.98. The Labute approximate surface area is 163 Å². The maximum Gasteiger partial charge on any atom is 0.321 e. The van der Waals surface area contributed by atoms with Crippen LogP contribution in [0.5, 0.6) is 0 Å². The molecule has 3 rings (SSSR count). The van der Waals surface area contributed by atoms with Crippen LogP contribution in [0.3, 0.4) is 0 Å². The van der Waals surface area contributed by atoms with Gasteiger partial charge in [-0.05, 0) is 55.5 Å². The lowest BCUT2D eigenvalue weighted by atomic mass is 9.98. The van der Waals surface area contributed by atoms with Gasteiger partial charge in [0.15, 0.2) is 0 Å². The number of hydrogen-bond acceptors (Lipinski definition) is 3. The first-order valence-corrected chi connectivity index (χ1v) is 9.41. The van der Waals surface area contributed by atoms with Crippen LogP contribution in [-0.4, -0.2) is 41.5 Å². The second-order valence-electron chi connectivity index (χ2n) is 6.75. The number of amides is 3. The highest BCUT2D eigenvalue weighted by molar-refractivity contribution is 6.31. The largest absolute Gasteiger partial charge is 0.352 e. The number of hydrogen-bond donors (Lipinski definition) is 2. The zero-order chi connectivity index (χ0) is 19.2. The second kappa shape index (κ2) is 8.86. The molecule has 0 radical (unpaired) electrons. The summed E-state index contributed by atoms with van der Waals surface area (Å²) in [6, 6.07) is 8.79. The number of pyridine rings is 1. The average Bonchev–Trinajstić information content (AvgIpc) is 2.70. The molecule has 0 saturated carbocycles. The van der Waals surface area contributed by atoms with Gasteiger partial charge in [0.25, 0.3) is 5.91 Å². The van der Waals surface area contributed by atoms with Crippen LogP contribution in [0.2, 0.25) is 5.02 Å². The molecule has 2 aromatic rings. The minimum absolute atomic E-state index is 0.136. The van der Waals surface area contributed by atoms with E-state index in [-0.39, 0.29) is 17.9 Å². The predicted octanol–water partition coefficient (Wildman–Crippen LogP) is 3.72. The number of anilines is 1. The number of carbonyl (C=O) groups is 2. The van der Waals surface area contributed by atoms with E-state index < -0.39 is 0 Å². The second-order valence-corrected chi connectivity index (χ2v) is 7.16. The molecule has 1 saturated heterocycles. The summed E-state index contributed by atoms with van der Waals surface area (Å²) in [6.45, 7) is 3.73. The molecule has 6 nitrogen and oxygen atoms in total. The Morgan fingerprint density at radius 3 is 2.93 bits per heavy atom. The van der Waals surface area contributed by atoms with Crippen LogP contribution in [0.1, 0.15) is 28.8 Å². The molecule has 27 heavy (non-hydrogen) atoms. The maximum absolute atomic E-state index is 12.6. The van der Waals surface area contributed by atoms with Crippen molar-refractivity contribution in [1.29, 1.82) is 0 Å². The molecular formula is C20H23ClN4O2. The smallest absolute Gasteiger partial charge is 0.321 e. The van der Waals surface area contributed by atoms with Gasteiger partial charge in [0.05, 0.1) is 5.56 Å². The van der Waals surface area contributed by atoms with Crippen molar-refractivity contribution in [3.05, 3.63) is 58.9 Å². The first-order chi connectivity index (χ1) is 13.0. The molecule has 0 spiro atoms. The van der Waals surface area contributed by atoms with Crippen molar-refractivity contribution in [2.45, 2.75) is 19.8 Å². The molecule has 1 aromatic carbocycles. The molecule has 1 fully saturated rings. The van der Waals surface area contributed by atoms with Crippen molar-refractivity contribution in [2.75, 3.05) is 25.0 Å². The summed E-state index contributed by atoms with van der Waals surface area (Å²) in [5.41, 5.74) is 2.11. The van der Waals surface area contributed by atoms with Gasteiger partial charge in [-0.3, -0.25) is 9.78 Å². The van der Waals surface area contributed by atoms with Gasteiger partial charge in [-0.1, -0.05) is 17.7 Å². The monoisotopic (exact) mass is 386 g/mol. The van der Waals surface area contributed by atoms with Crippen LogP contribution in [0.25, 0.3) is 0 Å². The van der Waals surface area contributed by atoms with E-state index in [0.717, 1.165) is 24.1 Å². The van der Waals surface area contributed by atoms with Crippen LogP contribution in [-0.2, 0) is 0 Å². The molecule has 1 unspecified atom stereocenters. The van der Waals surface area contributed by atoms with Crippen molar-refractivity contribution in [3.8, 4) is 0 Å². The van der Waals surface area contributed by atoms with Crippen LogP contribution < -0.4 is 10.6 Å². The highest BCUT2D eigenvalue weighted by atomic mass is 35.5. The quantitative estimate of drug-likeness (QED) is 0.840. The fraction of sp³-hybridized carbons (Fsp3) is 0.350. The number of piperidine rings is 1. The third-order valence-corrected chi connectivity index (χ3v) is 5.20. The molecule has 2 N–H and O–H groups in total. The highest BCUT2D eigenvalue weighted by Crippen LogP contribution is 2.24. The fourth-order valence-corrected chi connectivity index (χ4v) is 3.36. The topological polar surface area (TPSA) is 74.3 Å². The predicted molar refractivity (Wildman–Crippen MR) is 106 cm³/mol. The maximum atomic E-state index is 12.6. The molecule has 2 heterocycles. The summed E-state index contributed by atoms with van der Waals surface area (Å²) in [6.07, 6.45) is 5.07. The summed E-state index contributed by atoms with van der Waals surface area (Å²) in [4.78, 5) is 30.5. The first kappa shape index (κ1) is 19.2. The van der Waals surface area contributed by atoms with Crippen LogP contribution in [0.15, 0.2) is 42.7 Å². The molecule has 1 atom stereocenters. The van der Waals surface area contributed by atoms with E-state index in [0.29, 0.717) is 30.2 Å². The zero-order valence-electron chi connectivity index (χ0n) is 15.2. The molecule has 1 aliphatic rings. The molecular weight excluding hydrogens is 364 g/mol. The van der Waals surface area contributed by atoms with E-state index in [2.05, 4.69) is 15.6 Å². The van der Waals surface area contributed by atoms with Gasteiger partial charge in [-0.2, -0.15) is 0 Å². The third-order valence-electron chi connectivity index (χ3n) is 4.79. The Balaban J connectivity index is 1.53. The molecule has 142 valence electrons. The van der Waals surface area contributed by atoms with Gasteiger partial charge >= 0.3 is 6.03 Å². The summed E-state index contributed by atoms with van der Waals surface area (Å²) in [5, 5.41) is 6.51. The standard InChI is InChI=1S/C20H23ClN4O2/c1-14-17(21)7-2-8-18(14)24-20(27)25-10-4-5-15(13-25)11-23-19(26)16-6-3-9-22-12-16/h2-3,6-9,12,15H,4-5,10-11,13H2,1H3,(H,23,26)(H,24,27). The number of nitrogens with zero attached hydrogens (tertiary/aromatic N) is 2. The normalized spacial score (nSPS) is 16.7. The number of rotatable bonds is 4. The molecule has 0 aliphatic carbocycles. The van der Waals surface area contributed by atoms with Crippen molar-refractivity contribution in [2.24, 2.45) is 5.92 Å². The van der Waals surface area contributed by atoms with Gasteiger partial charge < -0.3 is 15.5 Å². The minimum Gasteiger partial charge on any atom is -0.352 e. The Hall–Kier alpha value is -2.60. The lowest BCUT2D eigenvalue weighted by molar-refractivity contribution is 0.0938. The fourth-order valence-electron chi connectivity index (χ4n) is 3.19. The number of likely N-dealkylation sites (tertiary alicyclic amines) is 1. The SMILES string of the molecule is Cc1c(Cl)cccc1NC(=O)N1CCCC(CNC(=O)c2cccnc2)C1. The Morgan fingerprint density at radius 2 is 2.15 bits per heavy atom. The highest BCUT2D eigenvalue weighted by Gasteiger charge is 2.24. The molecule has 7 heteroatoms. The number of urea groups is 1. The molecule has 1 aromatic heterocycles. The summed E-state index contributed by atoms with van der Waals surface area (Å²) >= 11 is 6.12. The summed E-state index contributed by atoms with van der Waals surface area (Å²) in [7, 11) is 0. The molecule has 0 bridgehead atoms. The van der Waals surface area contributed by atoms with Crippen molar-refractivity contribution in [1.82, 2.24) is 15.2 Å². The van der Waals surface area contributed by atoms with E-state index in [9.17, 15) is 9.59 Å². The van der Waals surface area contributed by atoms with Crippen LogP contribution in [0, 0.1) is 12.8 Å². The van der Waals surface area contributed by atoms with Gasteiger partial charge in [0, 0.05) is 42.7 Å². The van der Waals surface area contributed by atoms with Crippen molar-refractivity contribution < 1.29 is 9.59 Å². The zero-order valence-corrected chi connectivity index (χ0v) is 16.0. The van der Waals surface area contributed by atoms with Crippen molar-refractivity contribution >= 4 is 29.2 Å². The number of nitrogens with one attached hydrogen (secondary N) is 2. The summed E-state index contributed by atoms with van der Waals surface area (Å²) in [5.74, 6) is 0.0878. The number of halogens is 1. The van der Waals surface area contributed by atoms with Crippen molar-refractivity contribution in [3.63, 3.8) is 0 Å². The van der Waals surface area contributed by atoms with Gasteiger partial charge in [0.2, 0.25) is 0 Å². The Bertz CT molecular complexity index is 813. The number of carbonyl (C=O) groups excluding carboxylic acids is 2. The summed E-state index contributed by atoms with van der Waals surface area (Å²) < 4.78 is 0. The lowest BCUT2D eigenvalue weighted by Crippen LogP contribution is -2.45. The van der Waals surface area contributed by atoms with E-state index >= 15 is 0 Å². The van der Waals surface area contributed by atoms with Crippen LogP contribution in [0.4, 0.5) is 10.5 Å². The first-order valence-electron chi connectivity index (χ1n) is 9.04. The van der Waals surface area contributed by atoms with E-state index in [1.54, 1.807) is 35.5 Å². The Morgan fingerprint density at radius 1 is 1.30 bits per heavy atom. The van der Waals surface area contributed by atoms with E-state index in [4.69, 9.17) is 11.6 Å². The van der Waals surface area contributed by atoms with E-state index in [1.807, 2.05) is 19.1 Å². The lowest BCUT2D eigenvalue weighted by Gasteiger charge is -2.33. The Kier molecular flexibility index (Phi) is 6.29. The molecule has 1 aliphatic heterocycles. The van der Waals surface area contributed by atoms with E-state index in [1.165, 1.54) is 0 Å². The van der Waals surface area contributed by atoms with Crippen LogP contribution >= 0.6 is 11.6 Å². The van der Waals surface area contributed by atoms with Gasteiger partial charge in [-0.15, -0.1) is 0 Å². The molecule has 3 amide bonds.